The van der Waals surface area contributed by atoms with Gasteiger partial charge in [0.15, 0.2) is 0 Å². The van der Waals surface area contributed by atoms with E-state index in [-0.39, 0.29) is 18.6 Å². The molecule has 0 aromatic carbocycles. The van der Waals surface area contributed by atoms with E-state index in [4.69, 9.17) is 10.00 Å². The maximum atomic E-state index is 11.7. The van der Waals surface area contributed by atoms with Crippen LogP contribution in [-0.4, -0.2) is 37.1 Å². The Morgan fingerprint density at radius 2 is 2.29 bits per heavy atom. The maximum Gasteiger partial charge on any atom is 0.248 e. The summed E-state index contributed by atoms with van der Waals surface area (Å²) in [6, 6.07) is 2.03. The molecule has 2 unspecified atom stereocenters. The Balaban J connectivity index is 2.20. The fourth-order valence-electron chi connectivity index (χ4n) is 2.17. The number of likely N-dealkylation sites (N-methyl/N-ethyl adjacent to an activating group) is 1. The van der Waals surface area contributed by atoms with Gasteiger partial charge in [0.1, 0.15) is 6.61 Å². The molecule has 1 rings (SSSR count). The Bertz CT molecular complexity index is 286. The van der Waals surface area contributed by atoms with Gasteiger partial charge in [0.05, 0.1) is 18.6 Å². The molecule has 4 heteroatoms. The first kappa shape index (κ1) is 14.0. The van der Waals surface area contributed by atoms with Crippen molar-refractivity contribution in [2.45, 2.75) is 45.1 Å². The molecule has 2 atom stereocenters. The topological polar surface area (TPSA) is 53.3 Å². The summed E-state index contributed by atoms with van der Waals surface area (Å²) in [6.45, 7) is 2.87. The summed E-state index contributed by atoms with van der Waals surface area (Å²) in [4.78, 5) is 13.2. The monoisotopic (exact) mass is 238 g/mol. The second-order valence-electron chi connectivity index (χ2n) is 4.93. The summed E-state index contributed by atoms with van der Waals surface area (Å²) in [5, 5.41) is 8.44. The zero-order chi connectivity index (χ0) is 12.7. The van der Waals surface area contributed by atoms with Crippen LogP contribution >= 0.6 is 0 Å². The number of nitriles is 1. The Kier molecular flexibility index (Phi) is 5.99. The van der Waals surface area contributed by atoms with E-state index in [9.17, 15) is 4.79 Å². The van der Waals surface area contributed by atoms with Crippen molar-refractivity contribution in [2.24, 2.45) is 5.92 Å². The molecular weight excluding hydrogens is 216 g/mol. The quantitative estimate of drug-likeness (QED) is 0.735. The van der Waals surface area contributed by atoms with Gasteiger partial charge in [0.25, 0.3) is 0 Å². The van der Waals surface area contributed by atoms with Crippen molar-refractivity contribution in [3.05, 3.63) is 0 Å². The lowest BCUT2D eigenvalue weighted by Gasteiger charge is -2.27. The third kappa shape index (κ3) is 5.18. The lowest BCUT2D eigenvalue weighted by atomic mass is 9.89. The van der Waals surface area contributed by atoms with Gasteiger partial charge in [-0.1, -0.05) is 19.8 Å². The summed E-state index contributed by atoms with van der Waals surface area (Å²) in [5.41, 5.74) is 0. The Hall–Kier alpha value is -1.08. The van der Waals surface area contributed by atoms with Crippen LogP contribution in [0.5, 0.6) is 0 Å². The minimum Gasteiger partial charge on any atom is -0.368 e. The van der Waals surface area contributed by atoms with Crippen LogP contribution in [0.25, 0.3) is 0 Å². The van der Waals surface area contributed by atoms with E-state index in [1.807, 2.05) is 6.07 Å². The van der Waals surface area contributed by atoms with Gasteiger partial charge in [-0.3, -0.25) is 4.79 Å². The fourth-order valence-corrected chi connectivity index (χ4v) is 2.17. The molecule has 0 spiro atoms. The highest BCUT2D eigenvalue weighted by Crippen LogP contribution is 2.25. The number of nitrogens with zero attached hydrogens (tertiary/aromatic N) is 2. The summed E-state index contributed by atoms with van der Waals surface area (Å²) in [5.74, 6) is 0.679. The highest BCUT2D eigenvalue weighted by Gasteiger charge is 2.20. The Labute approximate surface area is 104 Å². The standard InChI is InChI=1S/C13H22N2O2/c1-11-5-3-6-12(9-11)17-10-13(16)15(2)8-4-7-14/h11-12H,3-6,8-10H2,1-2H3. The molecule has 1 aliphatic rings. The van der Waals surface area contributed by atoms with Crippen molar-refractivity contribution < 1.29 is 9.53 Å². The molecule has 4 nitrogen and oxygen atoms in total. The predicted octanol–water partition coefficient (Wildman–Crippen LogP) is 1.95. The zero-order valence-electron chi connectivity index (χ0n) is 10.8. The molecule has 0 aromatic heterocycles. The first-order valence-corrected chi connectivity index (χ1v) is 6.36. The molecule has 0 bridgehead atoms. The van der Waals surface area contributed by atoms with Crippen LogP contribution in [0.15, 0.2) is 0 Å². The van der Waals surface area contributed by atoms with Crippen molar-refractivity contribution in [1.82, 2.24) is 4.90 Å². The average Bonchev–Trinajstić information content (AvgIpc) is 2.33. The second-order valence-corrected chi connectivity index (χ2v) is 4.93. The van der Waals surface area contributed by atoms with Gasteiger partial charge in [-0.25, -0.2) is 0 Å². The lowest BCUT2D eigenvalue weighted by molar-refractivity contribution is -0.137. The molecule has 1 fully saturated rings. The molecule has 0 aromatic rings. The number of carbonyl (C=O) groups is 1. The predicted molar refractivity (Wildman–Crippen MR) is 65.2 cm³/mol. The smallest absolute Gasteiger partial charge is 0.248 e. The molecule has 1 saturated carbocycles. The zero-order valence-corrected chi connectivity index (χ0v) is 10.8. The molecule has 1 amide bonds. The number of rotatable bonds is 5. The number of amides is 1. The van der Waals surface area contributed by atoms with Gasteiger partial charge in [0.2, 0.25) is 5.91 Å². The summed E-state index contributed by atoms with van der Waals surface area (Å²) < 4.78 is 5.64. The summed E-state index contributed by atoms with van der Waals surface area (Å²) in [7, 11) is 1.71. The molecule has 0 N–H and O–H groups in total. The molecule has 96 valence electrons. The van der Waals surface area contributed by atoms with Gasteiger partial charge < -0.3 is 9.64 Å². The largest absolute Gasteiger partial charge is 0.368 e. The molecule has 17 heavy (non-hydrogen) atoms. The average molecular weight is 238 g/mol. The van der Waals surface area contributed by atoms with E-state index in [0.29, 0.717) is 18.9 Å². The summed E-state index contributed by atoms with van der Waals surface area (Å²) >= 11 is 0. The normalized spacial score (nSPS) is 24.1. The third-order valence-electron chi connectivity index (χ3n) is 3.32. The number of ether oxygens (including phenoxy) is 1. The molecular formula is C13H22N2O2. The molecule has 1 aliphatic carbocycles. The first-order valence-electron chi connectivity index (χ1n) is 6.36. The highest BCUT2D eigenvalue weighted by molar-refractivity contribution is 5.77. The maximum absolute atomic E-state index is 11.7. The van der Waals surface area contributed by atoms with E-state index >= 15 is 0 Å². The number of hydrogen-bond donors (Lipinski definition) is 0. The second kappa shape index (κ2) is 7.29. The van der Waals surface area contributed by atoms with Crippen LogP contribution in [0.3, 0.4) is 0 Å². The van der Waals surface area contributed by atoms with Gasteiger partial charge in [-0.2, -0.15) is 5.26 Å². The van der Waals surface area contributed by atoms with Crippen molar-refractivity contribution in [2.75, 3.05) is 20.2 Å². The Morgan fingerprint density at radius 1 is 1.53 bits per heavy atom. The third-order valence-corrected chi connectivity index (χ3v) is 3.32. The van der Waals surface area contributed by atoms with Crippen LogP contribution in [0.1, 0.15) is 39.0 Å². The van der Waals surface area contributed by atoms with Crippen molar-refractivity contribution in [1.29, 1.82) is 5.26 Å². The van der Waals surface area contributed by atoms with Crippen molar-refractivity contribution in [3.8, 4) is 6.07 Å². The minimum atomic E-state index is -0.0292. The van der Waals surface area contributed by atoms with E-state index < -0.39 is 0 Å². The van der Waals surface area contributed by atoms with Crippen LogP contribution in [0.2, 0.25) is 0 Å². The van der Waals surface area contributed by atoms with Gasteiger partial charge >= 0.3 is 0 Å². The fraction of sp³-hybridized carbons (Fsp3) is 0.846. The van der Waals surface area contributed by atoms with Crippen LogP contribution in [0, 0.1) is 17.2 Å². The van der Waals surface area contributed by atoms with E-state index in [1.165, 1.54) is 12.8 Å². The minimum absolute atomic E-state index is 0.0292. The highest BCUT2D eigenvalue weighted by atomic mass is 16.5. The van der Waals surface area contributed by atoms with Gasteiger partial charge in [-0.15, -0.1) is 0 Å². The molecule has 0 radical (unpaired) electrons. The van der Waals surface area contributed by atoms with Crippen LogP contribution < -0.4 is 0 Å². The van der Waals surface area contributed by atoms with Crippen molar-refractivity contribution >= 4 is 5.91 Å². The molecule has 0 saturated heterocycles. The Morgan fingerprint density at radius 3 is 2.94 bits per heavy atom. The van der Waals surface area contributed by atoms with Crippen LogP contribution in [-0.2, 0) is 9.53 Å². The van der Waals surface area contributed by atoms with Gasteiger partial charge in [0, 0.05) is 13.6 Å². The SMILES string of the molecule is CC1CCCC(OCC(=O)N(C)CCC#N)C1. The lowest BCUT2D eigenvalue weighted by Crippen LogP contribution is -2.33. The first-order chi connectivity index (χ1) is 8.13. The van der Waals surface area contributed by atoms with E-state index in [2.05, 4.69) is 6.92 Å². The molecule has 0 heterocycles. The van der Waals surface area contributed by atoms with E-state index in [1.54, 1.807) is 11.9 Å². The molecule has 0 aliphatic heterocycles. The summed E-state index contributed by atoms with van der Waals surface area (Å²) in [6.07, 6.45) is 5.23. The van der Waals surface area contributed by atoms with Crippen LogP contribution in [0.4, 0.5) is 0 Å². The number of hydrogen-bond acceptors (Lipinski definition) is 3. The van der Waals surface area contributed by atoms with Crippen molar-refractivity contribution in [3.63, 3.8) is 0 Å². The number of carbonyl (C=O) groups excluding carboxylic acids is 1. The van der Waals surface area contributed by atoms with E-state index in [0.717, 1.165) is 12.8 Å². The van der Waals surface area contributed by atoms with Gasteiger partial charge in [-0.05, 0) is 18.8 Å².